The first-order valence-corrected chi connectivity index (χ1v) is 7.48. The third kappa shape index (κ3) is 3.99. The van der Waals surface area contributed by atoms with Gasteiger partial charge < -0.3 is 9.64 Å². The molecule has 0 saturated heterocycles. The standard InChI is InChI=1S/C17H27NO2/c1-6-13(3)18(14(4)7-2)17(19)12-15-10-8-9-11-16(15)20-5/h8-11,13-14H,6-7,12H2,1-5H3/t13-,14+. The average Bonchev–Trinajstić information content (AvgIpc) is 2.47. The fourth-order valence-electron chi connectivity index (χ4n) is 2.42. The van der Waals surface area contributed by atoms with Crippen molar-refractivity contribution >= 4 is 5.91 Å². The molecule has 1 rings (SSSR count). The maximum absolute atomic E-state index is 12.7. The number of hydrogen-bond acceptors (Lipinski definition) is 2. The van der Waals surface area contributed by atoms with Gasteiger partial charge in [-0.05, 0) is 32.8 Å². The van der Waals surface area contributed by atoms with Crippen LogP contribution >= 0.6 is 0 Å². The van der Waals surface area contributed by atoms with E-state index in [1.165, 1.54) is 0 Å². The van der Waals surface area contributed by atoms with Crippen LogP contribution in [0.4, 0.5) is 0 Å². The predicted molar refractivity (Wildman–Crippen MR) is 83.1 cm³/mol. The van der Waals surface area contributed by atoms with Crippen molar-refractivity contribution in [2.24, 2.45) is 0 Å². The molecule has 0 aliphatic heterocycles. The van der Waals surface area contributed by atoms with Gasteiger partial charge in [-0.1, -0.05) is 32.0 Å². The van der Waals surface area contributed by atoms with Crippen molar-refractivity contribution in [2.45, 2.75) is 59.0 Å². The van der Waals surface area contributed by atoms with Crippen molar-refractivity contribution in [3.05, 3.63) is 29.8 Å². The fraction of sp³-hybridized carbons (Fsp3) is 0.588. The highest BCUT2D eigenvalue weighted by atomic mass is 16.5. The van der Waals surface area contributed by atoms with Crippen molar-refractivity contribution in [3.63, 3.8) is 0 Å². The Kier molecular flexibility index (Phi) is 6.56. The van der Waals surface area contributed by atoms with E-state index >= 15 is 0 Å². The van der Waals surface area contributed by atoms with Gasteiger partial charge in [0.2, 0.25) is 5.91 Å². The maximum Gasteiger partial charge on any atom is 0.227 e. The lowest BCUT2D eigenvalue weighted by atomic mass is 10.1. The molecule has 112 valence electrons. The zero-order chi connectivity index (χ0) is 15.1. The molecule has 1 aromatic rings. The largest absolute Gasteiger partial charge is 0.496 e. The molecule has 3 heteroatoms. The first-order valence-electron chi connectivity index (χ1n) is 7.48. The highest BCUT2D eigenvalue weighted by Gasteiger charge is 2.24. The molecular weight excluding hydrogens is 250 g/mol. The second kappa shape index (κ2) is 7.93. The highest BCUT2D eigenvalue weighted by Crippen LogP contribution is 2.20. The van der Waals surface area contributed by atoms with Crippen LogP contribution in [-0.2, 0) is 11.2 Å². The Labute approximate surface area is 122 Å². The molecule has 2 atom stereocenters. The number of nitrogens with zero attached hydrogens (tertiary/aromatic N) is 1. The van der Waals surface area contributed by atoms with Gasteiger partial charge in [0.1, 0.15) is 5.75 Å². The number of carbonyl (C=O) groups is 1. The van der Waals surface area contributed by atoms with Crippen LogP contribution < -0.4 is 4.74 Å². The Hall–Kier alpha value is -1.51. The molecule has 0 bridgehead atoms. The Morgan fingerprint density at radius 2 is 1.70 bits per heavy atom. The van der Waals surface area contributed by atoms with Gasteiger partial charge in [-0.25, -0.2) is 0 Å². The molecule has 0 N–H and O–H groups in total. The summed E-state index contributed by atoms with van der Waals surface area (Å²) >= 11 is 0. The number of methoxy groups -OCH3 is 1. The second-order valence-electron chi connectivity index (χ2n) is 5.30. The van der Waals surface area contributed by atoms with Gasteiger partial charge >= 0.3 is 0 Å². The SMILES string of the molecule is CC[C@@H](C)N(C(=O)Cc1ccccc1OC)[C@@H](C)CC. The van der Waals surface area contributed by atoms with Gasteiger partial charge in [-0.3, -0.25) is 4.79 Å². The van der Waals surface area contributed by atoms with Crippen LogP contribution in [0.1, 0.15) is 46.1 Å². The molecule has 0 radical (unpaired) electrons. The number of para-hydroxylation sites is 1. The molecule has 20 heavy (non-hydrogen) atoms. The monoisotopic (exact) mass is 277 g/mol. The molecule has 1 aromatic carbocycles. The topological polar surface area (TPSA) is 29.5 Å². The third-order valence-corrected chi connectivity index (χ3v) is 3.95. The normalized spacial score (nSPS) is 13.7. The number of hydrogen-bond donors (Lipinski definition) is 0. The van der Waals surface area contributed by atoms with Crippen molar-refractivity contribution in [2.75, 3.05) is 7.11 Å². The van der Waals surface area contributed by atoms with E-state index in [9.17, 15) is 4.79 Å². The van der Waals surface area contributed by atoms with Crippen LogP contribution in [0.2, 0.25) is 0 Å². The summed E-state index contributed by atoms with van der Waals surface area (Å²) in [6, 6.07) is 8.27. The Morgan fingerprint density at radius 3 is 2.20 bits per heavy atom. The summed E-state index contributed by atoms with van der Waals surface area (Å²) < 4.78 is 5.33. The summed E-state index contributed by atoms with van der Waals surface area (Å²) in [6.07, 6.45) is 2.35. The Morgan fingerprint density at radius 1 is 1.15 bits per heavy atom. The van der Waals surface area contributed by atoms with Crippen molar-refractivity contribution in [1.82, 2.24) is 4.90 Å². The summed E-state index contributed by atoms with van der Waals surface area (Å²) in [6.45, 7) is 8.48. The number of rotatable bonds is 7. The molecule has 0 aromatic heterocycles. The molecular formula is C17H27NO2. The number of benzene rings is 1. The first-order chi connectivity index (χ1) is 9.54. The summed E-state index contributed by atoms with van der Waals surface area (Å²) in [5, 5.41) is 0. The van der Waals surface area contributed by atoms with E-state index in [-0.39, 0.29) is 18.0 Å². The zero-order valence-electron chi connectivity index (χ0n) is 13.3. The van der Waals surface area contributed by atoms with Gasteiger partial charge in [-0.2, -0.15) is 0 Å². The third-order valence-electron chi connectivity index (χ3n) is 3.95. The van der Waals surface area contributed by atoms with Gasteiger partial charge in [0, 0.05) is 17.6 Å². The molecule has 1 amide bonds. The highest BCUT2D eigenvalue weighted by molar-refractivity contribution is 5.80. The van der Waals surface area contributed by atoms with Crippen LogP contribution in [0.25, 0.3) is 0 Å². The molecule has 0 heterocycles. The van der Waals surface area contributed by atoms with Gasteiger partial charge in [0.15, 0.2) is 0 Å². The van der Waals surface area contributed by atoms with Crippen molar-refractivity contribution in [3.8, 4) is 5.75 Å². The van der Waals surface area contributed by atoms with E-state index in [0.717, 1.165) is 24.2 Å². The van der Waals surface area contributed by atoms with Crippen LogP contribution in [0.15, 0.2) is 24.3 Å². The summed E-state index contributed by atoms with van der Waals surface area (Å²) in [5.41, 5.74) is 0.955. The molecule has 0 aliphatic carbocycles. The van der Waals surface area contributed by atoms with Crippen LogP contribution in [0, 0.1) is 0 Å². The van der Waals surface area contributed by atoms with Crippen molar-refractivity contribution < 1.29 is 9.53 Å². The lowest BCUT2D eigenvalue weighted by Gasteiger charge is -2.34. The number of ether oxygens (including phenoxy) is 1. The molecule has 0 aliphatic rings. The van der Waals surface area contributed by atoms with E-state index < -0.39 is 0 Å². The molecule has 0 unspecified atom stereocenters. The Bertz CT molecular complexity index is 421. The van der Waals surface area contributed by atoms with Crippen LogP contribution in [0.3, 0.4) is 0 Å². The van der Waals surface area contributed by atoms with Gasteiger partial charge in [0.05, 0.1) is 13.5 Å². The lowest BCUT2D eigenvalue weighted by molar-refractivity contribution is -0.135. The van der Waals surface area contributed by atoms with E-state index in [0.29, 0.717) is 6.42 Å². The van der Waals surface area contributed by atoms with E-state index in [4.69, 9.17) is 4.74 Å². The quantitative estimate of drug-likeness (QED) is 0.761. The van der Waals surface area contributed by atoms with Crippen LogP contribution in [-0.4, -0.2) is 30.0 Å². The molecule has 0 saturated carbocycles. The Balaban J connectivity index is 2.90. The average molecular weight is 277 g/mol. The molecule has 3 nitrogen and oxygen atoms in total. The maximum atomic E-state index is 12.7. The van der Waals surface area contributed by atoms with Gasteiger partial charge in [0.25, 0.3) is 0 Å². The number of carbonyl (C=O) groups excluding carboxylic acids is 1. The minimum absolute atomic E-state index is 0.179. The summed E-state index contributed by atoms with van der Waals surface area (Å²) in [7, 11) is 1.64. The second-order valence-corrected chi connectivity index (χ2v) is 5.30. The predicted octanol–water partition coefficient (Wildman–Crippen LogP) is 3.66. The van der Waals surface area contributed by atoms with E-state index in [2.05, 4.69) is 27.7 Å². The lowest BCUT2D eigenvalue weighted by Crippen LogP contribution is -2.45. The first kappa shape index (κ1) is 16.5. The van der Waals surface area contributed by atoms with E-state index in [1.807, 2.05) is 29.2 Å². The van der Waals surface area contributed by atoms with Crippen molar-refractivity contribution in [1.29, 1.82) is 0 Å². The summed E-state index contributed by atoms with van der Waals surface area (Å²) in [5.74, 6) is 0.965. The number of amides is 1. The van der Waals surface area contributed by atoms with Gasteiger partial charge in [-0.15, -0.1) is 0 Å². The van der Waals surface area contributed by atoms with Crippen LogP contribution in [0.5, 0.6) is 5.75 Å². The summed E-state index contributed by atoms with van der Waals surface area (Å²) in [4.78, 5) is 14.7. The fourth-order valence-corrected chi connectivity index (χ4v) is 2.42. The minimum atomic E-state index is 0.179. The zero-order valence-corrected chi connectivity index (χ0v) is 13.3. The minimum Gasteiger partial charge on any atom is -0.496 e. The van der Waals surface area contributed by atoms with E-state index in [1.54, 1.807) is 7.11 Å². The smallest absolute Gasteiger partial charge is 0.227 e. The molecule has 0 fully saturated rings. The molecule has 0 spiro atoms.